The van der Waals surface area contributed by atoms with Crippen molar-refractivity contribution in [2.45, 2.75) is 12.8 Å². The van der Waals surface area contributed by atoms with Gasteiger partial charge in [0, 0.05) is 29.0 Å². The van der Waals surface area contributed by atoms with Crippen LogP contribution in [0.25, 0.3) is 0 Å². The highest BCUT2D eigenvalue weighted by atomic mass is 32.1. The van der Waals surface area contributed by atoms with Gasteiger partial charge in [-0.3, -0.25) is 4.79 Å². The summed E-state index contributed by atoms with van der Waals surface area (Å²) in [6, 6.07) is 11.2. The molecule has 0 saturated carbocycles. The molecular formula is C17H17NO2S. The lowest BCUT2D eigenvalue weighted by Crippen LogP contribution is -2.25. The van der Waals surface area contributed by atoms with Crippen molar-refractivity contribution in [3.63, 3.8) is 0 Å². The number of rotatable bonds is 5. The molecule has 0 radical (unpaired) electrons. The first-order valence-electron chi connectivity index (χ1n) is 6.80. The maximum Gasteiger partial charge on any atom is 0.251 e. The molecule has 0 aliphatic heterocycles. The van der Waals surface area contributed by atoms with Crippen molar-refractivity contribution in [2.24, 2.45) is 0 Å². The molecule has 0 atom stereocenters. The number of carbonyl (C=O) groups is 1. The molecule has 2 aromatic rings. The number of aliphatic hydroxyl groups is 1. The van der Waals surface area contributed by atoms with Crippen LogP contribution in [0.2, 0.25) is 0 Å². The van der Waals surface area contributed by atoms with Gasteiger partial charge in [0.05, 0.1) is 6.61 Å². The van der Waals surface area contributed by atoms with Gasteiger partial charge in [0.25, 0.3) is 5.91 Å². The number of hydrogen-bond donors (Lipinski definition) is 2. The van der Waals surface area contributed by atoms with E-state index in [4.69, 9.17) is 5.11 Å². The first-order chi connectivity index (χ1) is 10.3. The van der Waals surface area contributed by atoms with E-state index in [1.165, 1.54) is 4.88 Å². The molecule has 0 aliphatic rings. The van der Waals surface area contributed by atoms with Crippen LogP contribution in [0.5, 0.6) is 0 Å². The molecule has 0 bridgehead atoms. The van der Waals surface area contributed by atoms with Crippen molar-refractivity contribution in [1.29, 1.82) is 0 Å². The van der Waals surface area contributed by atoms with E-state index in [0.717, 1.165) is 12.0 Å². The zero-order valence-corrected chi connectivity index (χ0v) is 12.5. The molecule has 0 unspecified atom stereocenters. The fraction of sp³-hybridized carbons (Fsp3) is 0.235. The highest BCUT2D eigenvalue weighted by Gasteiger charge is 2.04. The maximum absolute atomic E-state index is 12.0. The van der Waals surface area contributed by atoms with E-state index in [1.807, 2.05) is 23.6 Å². The van der Waals surface area contributed by atoms with Gasteiger partial charge in [0.2, 0.25) is 0 Å². The van der Waals surface area contributed by atoms with Gasteiger partial charge in [-0.15, -0.1) is 11.3 Å². The van der Waals surface area contributed by atoms with E-state index in [2.05, 4.69) is 23.2 Å². The molecule has 0 saturated heterocycles. The van der Waals surface area contributed by atoms with Crippen molar-refractivity contribution in [3.05, 3.63) is 57.8 Å². The third kappa shape index (κ3) is 5.07. The number of thiophene rings is 1. The van der Waals surface area contributed by atoms with E-state index in [0.29, 0.717) is 18.5 Å². The summed E-state index contributed by atoms with van der Waals surface area (Å²) in [5, 5.41) is 13.6. The molecule has 0 aliphatic carbocycles. The van der Waals surface area contributed by atoms with E-state index in [-0.39, 0.29) is 12.5 Å². The van der Waals surface area contributed by atoms with E-state index >= 15 is 0 Å². The fourth-order valence-electron chi connectivity index (χ4n) is 1.78. The van der Waals surface area contributed by atoms with E-state index < -0.39 is 0 Å². The van der Waals surface area contributed by atoms with Gasteiger partial charge in [-0.25, -0.2) is 0 Å². The topological polar surface area (TPSA) is 49.3 Å². The number of hydrogen-bond acceptors (Lipinski definition) is 3. The molecule has 1 heterocycles. The molecule has 108 valence electrons. The van der Waals surface area contributed by atoms with Gasteiger partial charge in [0.1, 0.15) is 0 Å². The average Bonchev–Trinajstić information content (AvgIpc) is 3.01. The second-order valence-electron chi connectivity index (χ2n) is 4.44. The molecule has 1 aromatic carbocycles. The monoisotopic (exact) mass is 299 g/mol. The minimum Gasteiger partial charge on any atom is -0.395 e. The van der Waals surface area contributed by atoms with Crippen LogP contribution < -0.4 is 5.32 Å². The number of benzene rings is 1. The summed E-state index contributed by atoms with van der Waals surface area (Å²) in [6.45, 7) is 0.704. The van der Waals surface area contributed by atoms with Crippen LogP contribution in [0.1, 0.15) is 27.2 Å². The minimum atomic E-state index is -0.0681. The Labute approximate surface area is 128 Å². The number of carbonyl (C=O) groups excluding carboxylic acids is 1. The van der Waals surface area contributed by atoms with Crippen LogP contribution in [0.15, 0.2) is 41.8 Å². The molecular weight excluding hydrogens is 282 g/mol. The fourth-order valence-corrected chi connectivity index (χ4v) is 2.49. The summed E-state index contributed by atoms with van der Waals surface area (Å²) in [5.41, 5.74) is 1.48. The quantitative estimate of drug-likeness (QED) is 0.833. The summed E-state index contributed by atoms with van der Waals surface area (Å²) in [5.74, 6) is 5.72. The van der Waals surface area contributed by atoms with Crippen LogP contribution in [-0.4, -0.2) is 24.2 Å². The Morgan fingerprint density at radius 2 is 2.05 bits per heavy atom. The smallest absolute Gasteiger partial charge is 0.251 e. The average molecular weight is 299 g/mol. The zero-order valence-electron chi connectivity index (χ0n) is 11.6. The summed E-state index contributed by atoms with van der Waals surface area (Å²) >= 11 is 1.70. The lowest BCUT2D eigenvalue weighted by Gasteiger charge is -2.04. The molecule has 1 aromatic heterocycles. The summed E-state index contributed by atoms with van der Waals surface area (Å²) in [4.78, 5) is 13.2. The van der Waals surface area contributed by atoms with Crippen LogP contribution in [0.3, 0.4) is 0 Å². The van der Waals surface area contributed by atoms with E-state index in [9.17, 15) is 4.79 Å². The summed E-state index contributed by atoms with van der Waals surface area (Å²) in [7, 11) is 0. The Hall–Kier alpha value is -2.09. The van der Waals surface area contributed by atoms with Crippen molar-refractivity contribution in [2.75, 3.05) is 13.2 Å². The second-order valence-corrected chi connectivity index (χ2v) is 5.47. The van der Waals surface area contributed by atoms with Crippen LogP contribution in [-0.2, 0) is 6.42 Å². The van der Waals surface area contributed by atoms with Crippen molar-refractivity contribution >= 4 is 17.2 Å². The predicted molar refractivity (Wildman–Crippen MR) is 85.4 cm³/mol. The molecule has 21 heavy (non-hydrogen) atoms. The highest BCUT2D eigenvalue weighted by Crippen LogP contribution is 2.08. The van der Waals surface area contributed by atoms with Gasteiger partial charge in [-0.2, -0.15) is 0 Å². The molecule has 0 fully saturated rings. The Morgan fingerprint density at radius 3 is 2.71 bits per heavy atom. The number of nitrogens with one attached hydrogen (secondary N) is 1. The molecule has 4 heteroatoms. The summed E-state index contributed by atoms with van der Waals surface area (Å²) < 4.78 is 0. The Bertz CT molecular complexity index is 621. The Kier molecular flexibility index (Phi) is 6.01. The van der Waals surface area contributed by atoms with Crippen molar-refractivity contribution in [1.82, 2.24) is 5.32 Å². The first-order valence-corrected chi connectivity index (χ1v) is 7.68. The Morgan fingerprint density at radius 1 is 1.24 bits per heavy atom. The first kappa shape index (κ1) is 15.3. The standard InChI is InChI=1S/C17H17NO2S/c19-12-2-1-4-14-6-8-15(9-7-14)17(20)18-11-10-16-5-3-13-21-16/h3,5-9,13,19H,2,10-12H2,(H,18,20). The third-order valence-corrected chi connectivity index (χ3v) is 3.79. The SMILES string of the molecule is O=C(NCCc1cccs1)c1ccc(C#CCCO)cc1. The van der Waals surface area contributed by atoms with Crippen LogP contribution in [0, 0.1) is 11.8 Å². The predicted octanol–water partition coefficient (Wildman–Crippen LogP) is 2.45. The van der Waals surface area contributed by atoms with Gasteiger partial charge in [-0.05, 0) is 42.1 Å². The molecule has 2 rings (SSSR count). The molecule has 0 spiro atoms. The van der Waals surface area contributed by atoms with E-state index in [1.54, 1.807) is 23.5 Å². The van der Waals surface area contributed by atoms with Crippen LogP contribution in [0.4, 0.5) is 0 Å². The zero-order chi connectivity index (χ0) is 14.9. The van der Waals surface area contributed by atoms with Gasteiger partial charge < -0.3 is 10.4 Å². The molecule has 3 nitrogen and oxygen atoms in total. The lowest BCUT2D eigenvalue weighted by atomic mass is 10.1. The number of aliphatic hydroxyl groups excluding tert-OH is 1. The minimum absolute atomic E-state index is 0.0672. The largest absolute Gasteiger partial charge is 0.395 e. The lowest BCUT2D eigenvalue weighted by molar-refractivity contribution is 0.0954. The van der Waals surface area contributed by atoms with Crippen molar-refractivity contribution < 1.29 is 9.90 Å². The van der Waals surface area contributed by atoms with Gasteiger partial charge in [0.15, 0.2) is 0 Å². The Balaban J connectivity index is 1.83. The van der Waals surface area contributed by atoms with Gasteiger partial charge in [-0.1, -0.05) is 17.9 Å². The summed E-state index contributed by atoms with van der Waals surface area (Å²) in [6.07, 6.45) is 1.32. The normalized spacial score (nSPS) is 9.76. The molecule has 2 N–H and O–H groups in total. The second kappa shape index (κ2) is 8.25. The third-order valence-electron chi connectivity index (χ3n) is 2.85. The molecule has 1 amide bonds. The van der Waals surface area contributed by atoms with Crippen molar-refractivity contribution in [3.8, 4) is 11.8 Å². The highest BCUT2D eigenvalue weighted by molar-refractivity contribution is 7.09. The van der Waals surface area contributed by atoms with Crippen LogP contribution >= 0.6 is 11.3 Å². The number of amides is 1. The maximum atomic E-state index is 12.0. The van der Waals surface area contributed by atoms with Gasteiger partial charge >= 0.3 is 0 Å².